The molecule has 0 spiro atoms. The number of anilines is 1. The fourth-order valence-electron chi connectivity index (χ4n) is 2.22. The molecular weight excluding hydrogens is 260 g/mol. The van der Waals surface area contributed by atoms with Crippen molar-refractivity contribution in [1.82, 2.24) is 0 Å². The molecule has 2 aromatic rings. The third kappa shape index (κ3) is 4.19. The monoisotopic (exact) mass is 278 g/mol. The fraction of sp³-hybridized carbons (Fsp3) is 0.222. The molecule has 21 heavy (non-hydrogen) atoms. The summed E-state index contributed by atoms with van der Waals surface area (Å²) in [5, 5.41) is 11.5. The number of hydrogen-bond donors (Lipinski definition) is 1. The zero-order valence-corrected chi connectivity index (χ0v) is 12.3. The van der Waals surface area contributed by atoms with Crippen LogP contribution in [0.5, 0.6) is 0 Å². The molecule has 2 aromatic carbocycles. The van der Waals surface area contributed by atoms with Gasteiger partial charge >= 0.3 is 0 Å². The molecule has 106 valence electrons. The van der Waals surface area contributed by atoms with Gasteiger partial charge in [0.1, 0.15) is 0 Å². The minimum atomic E-state index is -0.0324. The van der Waals surface area contributed by atoms with Crippen molar-refractivity contribution >= 4 is 11.6 Å². The lowest BCUT2D eigenvalue weighted by Crippen LogP contribution is -2.15. The molecule has 0 heterocycles. The van der Waals surface area contributed by atoms with Crippen molar-refractivity contribution in [3.05, 3.63) is 64.7 Å². The van der Waals surface area contributed by atoms with Crippen molar-refractivity contribution in [1.29, 1.82) is 5.26 Å². The van der Waals surface area contributed by atoms with Gasteiger partial charge in [-0.05, 0) is 42.7 Å². The van der Waals surface area contributed by atoms with Crippen LogP contribution in [0, 0.1) is 25.2 Å². The fourth-order valence-corrected chi connectivity index (χ4v) is 2.22. The Morgan fingerprint density at radius 3 is 2.48 bits per heavy atom. The predicted octanol–water partition coefficient (Wildman–Crippen LogP) is 3.55. The highest BCUT2D eigenvalue weighted by molar-refractivity contribution is 5.92. The van der Waals surface area contributed by atoms with Gasteiger partial charge in [-0.1, -0.05) is 35.9 Å². The average molecular weight is 278 g/mol. The first-order chi connectivity index (χ1) is 10.1. The lowest BCUT2D eigenvalue weighted by molar-refractivity contribution is -0.115. The van der Waals surface area contributed by atoms with E-state index in [2.05, 4.69) is 17.5 Å². The summed E-state index contributed by atoms with van der Waals surface area (Å²) in [4.78, 5) is 12.1. The molecule has 1 amide bonds. The summed E-state index contributed by atoms with van der Waals surface area (Å²) in [6.07, 6.45) is 0.753. The molecule has 0 saturated heterocycles. The van der Waals surface area contributed by atoms with Gasteiger partial charge in [0, 0.05) is 5.69 Å². The van der Waals surface area contributed by atoms with E-state index in [0.29, 0.717) is 12.8 Å². The van der Waals surface area contributed by atoms with Crippen LogP contribution < -0.4 is 5.32 Å². The normalized spacial score (nSPS) is 9.95. The third-order valence-corrected chi connectivity index (χ3v) is 3.37. The second-order valence-corrected chi connectivity index (χ2v) is 5.19. The van der Waals surface area contributed by atoms with Crippen LogP contribution in [0.2, 0.25) is 0 Å². The van der Waals surface area contributed by atoms with Gasteiger partial charge in [0.2, 0.25) is 5.91 Å². The Bertz CT molecular complexity index is 681. The van der Waals surface area contributed by atoms with Crippen molar-refractivity contribution < 1.29 is 4.79 Å². The number of nitriles is 1. The minimum Gasteiger partial charge on any atom is -0.326 e. The van der Waals surface area contributed by atoms with Crippen LogP contribution in [0.4, 0.5) is 5.69 Å². The average Bonchev–Trinajstić information content (AvgIpc) is 2.44. The summed E-state index contributed by atoms with van der Waals surface area (Å²) in [6, 6.07) is 15.6. The Hall–Kier alpha value is -2.60. The van der Waals surface area contributed by atoms with Gasteiger partial charge in [0.05, 0.1) is 18.9 Å². The minimum absolute atomic E-state index is 0.0324. The molecule has 0 aromatic heterocycles. The Morgan fingerprint density at radius 1 is 1.14 bits per heavy atom. The van der Waals surface area contributed by atoms with Gasteiger partial charge in [0.25, 0.3) is 0 Å². The Morgan fingerprint density at radius 2 is 1.86 bits per heavy atom. The van der Waals surface area contributed by atoms with Crippen LogP contribution in [0.3, 0.4) is 0 Å². The van der Waals surface area contributed by atoms with E-state index < -0.39 is 0 Å². The Balaban J connectivity index is 1.99. The van der Waals surface area contributed by atoms with E-state index >= 15 is 0 Å². The highest BCUT2D eigenvalue weighted by Crippen LogP contribution is 2.14. The van der Waals surface area contributed by atoms with Crippen LogP contribution >= 0.6 is 0 Å². The van der Waals surface area contributed by atoms with Gasteiger partial charge in [-0.3, -0.25) is 4.79 Å². The summed E-state index contributed by atoms with van der Waals surface area (Å²) in [7, 11) is 0. The first-order valence-corrected chi connectivity index (χ1v) is 6.90. The molecule has 0 unspecified atom stereocenters. The van der Waals surface area contributed by atoms with Crippen molar-refractivity contribution in [2.75, 3.05) is 5.32 Å². The van der Waals surface area contributed by atoms with Gasteiger partial charge in [-0.25, -0.2) is 0 Å². The molecule has 0 saturated carbocycles. The molecular formula is C18H18N2O. The number of carbonyl (C=O) groups excluding carboxylic acids is 1. The van der Waals surface area contributed by atoms with E-state index in [0.717, 1.165) is 22.4 Å². The molecule has 0 bridgehead atoms. The summed E-state index contributed by atoms with van der Waals surface area (Å²) >= 11 is 0. The molecule has 3 nitrogen and oxygen atoms in total. The van der Waals surface area contributed by atoms with E-state index in [9.17, 15) is 4.79 Å². The molecule has 0 aliphatic carbocycles. The van der Waals surface area contributed by atoms with Crippen molar-refractivity contribution in [2.45, 2.75) is 26.7 Å². The van der Waals surface area contributed by atoms with Crippen LogP contribution in [-0.2, 0) is 17.6 Å². The smallest absolute Gasteiger partial charge is 0.228 e. The van der Waals surface area contributed by atoms with E-state index in [1.54, 1.807) is 0 Å². The summed E-state index contributed by atoms with van der Waals surface area (Å²) < 4.78 is 0. The zero-order valence-electron chi connectivity index (χ0n) is 12.3. The third-order valence-electron chi connectivity index (χ3n) is 3.37. The van der Waals surface area contributed by atoms with Crippen LogP contribution in [-0.4, -0.2) is 5.91 Å². The first-order valence-electron chi connectivity index (χ1n) is 6.90. The van der Waals surface area contributed by atoms with Crippen molar-refractivity contribution in [3.8, 4) is 6.07 Å². The highest BCUT2D eigenvalue weighted by atomic mass is 16.1. The maximum Gasteiger partial charge on any atom is 0.228 e. The lowest BCUT2D eigenvalue weighted by Gasteiger charge is -2.08. The molecule has 3 heteroatoms. The number of nitrogens with zero attached hydrogens (tertiary/aromatic N) is 1. The lowest BCUT2D eigenvalue weighted by atomic mass is 10.0. The quantitative estimate of drug-likeness (QED) is 0.929. The molecule has 0 aliphatic heterocycles. The van der Waals surface area contributed by atoms with Crippen molar-refractivity contribution in [2.24, 2.45) is 0 Å². The number of aryl methyl sites for hydroxylation is 2. The summed E-state index contributed by atoms with van der Waals surface area (Å²) in [6.45, 7) is 4.06. The predicted molar refractivity (Wildman–Crippen MR) is 84.0 cm³/mol. The number of benzene rings is 2. The largest absolute Gasteiger partial charge is 0.326 e. The van der Waals surface area contributed by atoms with Crippen molar-refractivity contribution in [3.63, 3.8) is 0 Å². The number of hydrogen-bond acceptors (Lipinski definition) is 2. The second-order valence-electron chi connectivity index (χ2n) is 5.19. The van der Waals surface area contributed by atoms with Crippen LogP contribution in [0.25, 0.3) is 0 Å². The molecule has 1 N–H and O–H groups in total. The number of rotatable bonds is 4. The number of carbonyl (C=O) groups is 1. The Kier molecular flexibility index (Phi) is 4.73. The summed E-state index contributed by atoms with van der Waals surface area (Å²) in [5.41, 5.74) is 5.08. The number of amides is 1. The zero-order chi connectivity index (χ0) is 15.2. The Labute approximate surface area is 125 Å². The highest BCUT2D eigenvalue weighted by Gasteiger charge is 2.06. The van der Waals surface area contributed by atoms with E-state index in [1.165, 1.54) is 5.56 Å². The molecule has 0 radical (unpaired) electrons. The maximum absolute atomic E-state index is 12.1. The maximum atomic E-state index is 12.1. The van der Waals surface area contributed by atoms with Gasteiger partial charge in [-0.15, -0.1) is 0 Å². The topological polar surface area (TPSA) is 52.9 Å². The number of nitrogens with one attached hydrogen (secondary N) is 1. The molecule has 2 rings (SSSR count). The van der Waals surface area contributed by atoms with Crippen LogP contribution in [0.15, 0.2) is 42.5 Å². The molecule has 0 atom stereocenters. The van der Waals surface area contributed by atoms with Crippen LogP contribution in [0.1, 0.15) is 22.3 Å². The van der Waals surface area contributed by atoms with Gasteiger partial charge < -0.3 is 5.32 Å². The molecule has 0 fully saturated rings. The van der Waals surface area contributed by atoms with E-state index in [4.69, 9.17) is 5.26 Å². The standard InChI is InChI=1S/C18H18N2O/c1-13-3-6-16(14(2)11-13)12-18(21)20-17-7-4-15(5-8-17)9-10-19/h3-8,11H,9,12H2,1-2H3,(H,20,21). The summed E-state index contributed by atoms with van der Waals surface area (Å²) in [5.74, 6) is -0.0324. The first kappa shape index (κ1) is 14.8. The molecule has 0 aliphatic rings. The van der Waals surface area contributed by atoms with Gasteiger partial charge in [-0.2, -0.15) is 5.26 Å². The van der Waals surface area contributed by atoms with Gasteiger partial charge in [0.15, 0.2) is 0 Å². The van der Waals surface area contributed by atoms with E-state index in [1.807, 2.05) is 50.2 Å². The SMILES string of the molecule is Cc1ccc(CC(=O)Nc2ccc(CC#N)cc2)c(C)c1. The van der Waals surface area contributed by atoms with E-state index in [-0.39, 0.29) is 5.91 Å². The second kappa shape index (κ2) is 6.71.